The molecule has 1 saturated carbocycles. The molecule has 0 radical (unpaired) electrons. The van der Waals surface area contributed by atoms with E-state index in [1.807, 2.05) is 23.7 Å². The van der Waals surface area contributed by atoms with Crippen LogP contribution in [-0.4, -0.2) is 38.2 Å². The van der Waals surface area contributed by atoms with Gasteiger partial charge in [0.15, 0.2) is 11.5 Å². The SMILES string of the molecule is CCNc1cn2ccnc2c(NCC2(O)CCCCC2)n1. The van der Waals surface area contributed by atoms with Crippen molar-refractivity contribution in [2.75, 3.05) is 23.7 Å². The minimum absolute atomic E-state index is 0.526. The molecule has 0 aromatic carbocycles. The van der Waals surface area contributed by atoms with Gasteiger partial charge in [0, 0.05) is 25.5 Å². The predicted molar refractivity (Wildman–Crippen MR) is 83.7 cm³/mol. The Hall–Kier alpha value is -1.82. The maximum atomic E-state index is 10.6. The van der Waals surface area contributed by atoms with Gasteiger partial charge in [-0.15, -0.1) is 0 Å². The molecular formula is C15H23N5O. The maximum Gasteiger partial charge on any atom is 0.180 e. The minimum atomic E-state index is -0.613. The topological polar surface area (TPSA) is 74.5 Å². The van der Waals surface area contributed by atoms with Crippen LogP contribution in [0, 0.1) is 0 Å². The van der Waals surface area contributed by atoms with Crippen molar-refractivity contribution in [3.05, 3.63) is 18.6 Å². The Morgan fingerprint density at radius 3 is 2.86 bits per heavy atom. The number of nitrogens with one attached hydrogen (secondary N) is 2. The Labute approximate surface area is 124 Å². The fourth-order valence-corrected chi connectivity index (χ4v) is 2.95. The van der Waals surface area contributed by atoms with Crippen molar-refractivity contribution < 1.29 is 5.11 Å². The standard InChI is InChI=1S/C15H23N5O/c1-2-16-12-10-20-9-8-17-14(20)13(19-12)18-11-15(21)6-4-3-5-7-15/h8-10,16,21H,2-7,11H2,1H3,(H,18,19). The Balaban J connectivity index is 1.80. The summed E-state index contributed by atoms with van der Waals surface area (Å²) in [7, 11) is 0. The van der Waals surface area contributed by atoms with Gasteiger partial charge in [-0.05, 0) is 19.8 Å². The van der Waals surface area contributed by atoms with Gasteiger partial charge in [0.05, 0.1) is 11.8 Å². The molecule has 1 aliphatic carbocycles. The molecule has 2 heterocycles. The molecule has 0 unspecified atom stereocenters. The molecule has 114 valence electrons. The first-order valence-electron chi connectivity index (χ1n) is 7.74. The number of aromatic nitrogens is 3. The Morgan fingerprint density at radius 2 is 2.10 bits per heavy atom. The third-order valence-electron chi connectivity index (χ3n) is 4.10. The van der Waals surface area contributed by atoms with E-state index in [4.69, 9.17) is 0 Å². The van der Waals surface area contributed by atoms with Crippen molar-refractivity contribution in [2.45, 2.75) is 44.6 Å². The Bertz CT molecular complexity index is 603. The molecule has 1 aliphatic rings. The largest absolute Gasteiger partial charge is 0.388 e. The molecule has 0 spiro atoms. The van der Waals surface area contributed by atoms with E-state index in [1.54, 1.807) is 6.20 Å². The third kappa shape index (κ3) is 3.10. The number of hydrogen-bond acceptors (Lipinski definition) is 5. The normalized spacial score (nSPS) is 17.8. The van der Waals surface area contributed by atoms with Crippen molar-refractivity contribution in [3.8, 4) is 0 Å². The quantitative estimate of drug-likeness (QED) is 0.787. The van der Waals surface area contributed by atoms with E-state index in [-0.39, 0.29) is 0 Å². The summed E-state index contributed by atoms with van der Waals surface area (Å²) in [5.74, 6) is 1.53. The van der Waals surface area contributed by atoms with Gasteiger partial charge >= 0.3 is 0 Å². The van der Waals surface area contributed by atoms with E-state index >= 15 is 0 Å². The minimum Gasteiger partial charge on any atom is -0.388 e. The van der Waals surface area contributed by atoms with Gasteiger partial charge in [0.2, 0.25) is 0 Å². The molecule has 2 aromatic rings. The number of fused-ring (bicyclic) bond motifs is 1. The van der Waals surface area contributed by atoms with Gasteiger partial charge in [-0.1, -0.05) is 19.3 Å². The van der Waals surface area contributed by atoms with Crippen LogP contribution in [0.5, 0.6) is 0 Å². The van der Waals surface area contributed by atoms with E-state index < -0.39 is 5.60 Å². The Kier molecular flexibility index (Phi) is 3.96. The molecule has 0 amide bonds. The highest BCUT2D eigenvalue weighted by Gasteiger charge is 2.29. The van der Waals surface area contributed by atoms with Gasteiger partial charge < -0.3 is 20.1 Å². The lowest BCUT2D eigenvalue weighted by molar-refractivity contribution is 0.0167. The second-order valence-corrected chi connectivity index (χ2v) is 5.80. The molecule has 6 heteroatoms. The second-order valence-electron chi connectivity index (χ2n) is 5.80. The number of nitrogens with zero attached hydrogens (tertiary/aromatic N) is 3. The summed E-state index contributed by atoms with van der Waals surface area (Å²) in [5, 5.41) is 17.1. The fourth-order valence-electron chi connectivity index (χ4n) is 2.95. The van der Waals surface area contributed by atoms with Crippen LogP contribution in [0.4, 0.5) is 11.6 Å². The summed E-state index contributed by atoms with van der Waals surface area (Å²) < 4.78 is 1.94. The molecule has 6 nitrogen and oxygen atoms in total. The van der Waals surface area contributed by atoms with Gasteiger partial charge in [0.1, 0.15) is 5.82 Å². The zero-order valence-corrected chi connectivity index (χ0v) is 12.5. The summed E-state index contributed by atoms with van der Waals surface area (Å²) in [6.45, 7) is 3.38. The summed E-state index contributed by atoms with van der Waals surface area (Å²) in [4.78, 5) is 8.90. The van der Waals surface area contributed by atoms with Crippen LogP contribution in [0.3, 0.4) is 0 Å². The van der Waals surface area contributed by atoms with Crippen LogP contribution >= 0.6 is 0 Å². The zero-order chi connectivity index (χ0) is 14.7. The molecule has 2 aromatic heterocycles. The van der Waals surface area contributed by atoms with Crippen LogP contribution in [-0.2, 0) is 0 Å². The summed E-state index contributed by atoms with van der Waals surface area (Å²) >= 11 is 0. The first kappa shape index (κ1) is 14.1. The molecule has 0 aliphatic heterocycles. The highest BCUT2D eigenvalue weighted by molar-refractivity contribution is 5.65. The van der Waals surface area contributed by atoms with Crippen molar-refractivity contribution in [3.63, 3.8) is 0 Å². The zero-order valence-electron chi connectivity index (χ0n) is 12.5. The average molecular weight is 289 g/mol. The number of imidazole rings is 1. The van der Waals surface area contributed by atoms with E-state index in [0.717, 1.165) is 49.5 Å². The molecule has 21 heavy (non-hydrogen) atoms. The lowest BCUT2D eigenvalue weighted by Gasteiger charge is -2.32. The number of aliphatic hydroxyl groups is 1. The molecule has 0 saturated heterocycles. The third-order valence-corrected chi connectivity index (χ3v) is 4.10. The second kappa shape index (κ2) is 5.89. The van der Waals surface area contributed by atoms with Gasteiger partial charge in [-0.2, -0.15) is 0 Å². The predicted octanol–water partition coefficient (Wildman–Crippen LogP) is 2.27. The van der Waals surface area contributed by atoms with Gasteiger partial charge in [-0.25, -0.2) is 9.97 Å². The highest BCUT2D eigenvalue weighted by Crippen LogP contribution is 2.28. The van der Waals surface area contributed by atoms with Gasteiger partial charge in [0.25, 0.3) is 0 Å². The van der Waals surface area contributed by atoms with Crippen LogP contribution < -0.4 is 10.6 Å². The fraction of sp³-hybridized carbons (Fsp3) is 0.600. The van der Waals surface area contributed by atoms with Crippen LogP contribution in [0.25, 0.3) is 5.65 Å². The van der Waals surface area contributed by atoms with Gasteiger partial charge in [-0.3, -0.25) is 0 Å². The van der Waals surface area contributed by atoms with Crippen LogP contribution in [0.1, 0.15) is 39.0 Å². The molecule has 3 rings (SSSR count). The van der Waals surface area contributed by atoms with Crippen LogP contribution in [0.15, 0.2) is 18.6 Å². The van der Waals surface area contributed by atoms with Crippen molar-refractivity contribution in [1.29, 1.82) is 0 Å². The molecular weight excluding hydrogens is 266 g/mol. The smallest absolute Gasteiger partial charge is 0.180 e. The number of rotatable bonds is 5. The van der Waals surface area contributed by atoms with E-state index in [0.29, 0.717) is 6.54 Å². The van der Waals surface area contributed by atoms with E-state index in [1.165, 1.54) is 6.42 Å². The van der Waals surface area contributed by atoms with Crippen molar-refractivity contribution in [1.82, 2.24) is 14.4 Å². The van der Waals surface area contributed by atoms with Crippen molar-refractivity contribution in [2.24, 2.45) is 0 Å². The van der Waals surface area contributed by atoms with E-state index in [9.17, 15) is 5.11 Å². The van der Waals surface area contributed by atoms with Crippen molar-refractivity contribution >= 4 is 17.3 Å². The maximum absolute atomic E-state index is 10.6. The van der Waals surface area contributed by atoms with Crippen LogP contribution in [0.2, 0.25) is 0 Å². The molecule has 0 atom stereocenters. The molecule has 3 N–H and O–H groups in total. The summed E-state index contributed by atoms with van der Waals surface area (Å²) in [5.41, 5.74) is 0.175. The Morgan fingerprint density at radius 1 is 1.29 bits per heavy atom. The lowest BCUT2D eigenvalue weighted by Crippen LogP contribution is -2.39. The number of hydrogen-bond donors (Lipinski definition) is 3. The summed E-state index contributed by atoms with van der Waals surface area (Å²) in [6.07, 6.45) is 10.7. The first-order chi connectivity index (χ1) is 10.2. The highest BCUT2D eigenvalue weighted by atomic mass is 16.3. The first-order valence-corrected chi connectivity index (χ1v) is 7.74. The molecule has 1 fully saturated rings. The number of anilines is 2. The summed E-state index contributed by atoms with van der Waals surface area (Å²) in [6, 6.07) is 0. The lowest BCUT2D eigenvalue weighted by atomic mass is 9.85. The molecule has 0 bridgehead atoms. The average Bonchev–Trinajstić information content (AvgIpc) is 2.94. The van der Waals surface area contributed by atoms with E-state index in [2.05, 4.69) is 20.6 Å². The monoisotopic (exact) mass is 289 g/mol.